The molecule has 0 N–H and O–H groups in total. The molecular formula is C20H32NO3Si+. The molecule has 1 aliphatic heterocycles. The van der Waals surface area contributed by atoms with Crippen LogP contribution in [0.4, 0.5) is 0 Å². The summed E-state index contributed by atoms with van der Waals surface area (Å²) < 4.78 is 12.3. The number of rotatable bonds is 4. The lowest BCUT2D eigenvalue weighted by Gasteiger charge is -2.41. The zero-order chi connectivity index (χ0) is 17.9. The van der Waals surface area contributed by atoms with E-state index in [1.807, 2.05) is 0 Å². The molecule has 1 aliphatic carbocycles. The van der Waals surface area contributed by atoms with Crippen molar-refractivity contribution in [1.29, 1.82) is 0 Å². The van der Waals surface area contributed by atoms with E-state index in [0.29, 0.717) is 5.92 Å². The second kappa shape index (κ2) is 7.50. The van der Waals surface area contributed by atoms with Crippen LogP contribution in [0, 0.1) is 5.92 Å². The number of fused-ring (bicyclic) bond motifs is 1. The molecule has 0 unspecified atom stereocenters. The summed E-state index contributed by atoms with van der Waals surface area (Å²) in [6.07, 6.45) is 9.05. The van der Waals surface area contributed by atoms with Crippen LogP contribution < -0.4 is 0 Å². The fourth-order valence-corrected chi connectivity index (χ4v) is 4.72. The smallest absolute Gasteiger partial charge is 0.338 e. The first kappa shape index (κ1) is 18.5. The minimum absolute atomic E-state index is 0.240. The highest BCUT2D eigenvalue weighted by Gasteiger charge is 2.55. The van der Waals surface area contributed by atoms with Gasteiger partial charge in [-0.15, -0.1) is 0 Å². The van der Waals surface area contributed by atoms with Crippen LogP contribution in [0.5, 0.6) is 0 Å². The third-order valence-corrected chi connectivity index (χ3v) is 5.94. The summed E-state index contributed by atoms with van der Waals surface area (Å²) in [7, 11) is 0.000581. The lowest BCUT2D eigenvalue weighted by Crippen LogP contribution is -2.54. The molecule has 0 radical (unpaired) electrons. The van der Waals surface area contributed by atoms with Crippen LogP contribution in [0.15, 0.2) is 30.3 Å². The molecule has 0 bridgehead atoms. The number of methoxy groups -OCH3 is 1. The average molecular weight is 363 g/mol. The van der Waals surface area contributed by atoms with Crippen molar-refractivity contribution < 1.29 is 19.0 Å². The second-order valence-corrected chi connectivity index (χ2v) is 12.6. The minimum Gasteiger partial charge on any atom is -0.338 e. The maximum absolute atomic E-state index is 6.36. The molecule has 0 aromatic heterocycles. The molecule has 1 aromatic carbocycles. The van der Waals surface area contributed by atoms with E-state index in [1.54, 1.807) is 12.0 Å². The third-order valence-electron chi connectivity index (χ3n) is 5.21. The van der Waals surface area contributed by atoms with E-state index >= 15 is 0 Å². The molecule has 5 heteroatoms. The van der Waals surface area contributed by atoms with E-state index in [1.165, 1.54) is 24.8 Å². The van der Waals surface area contributed by atoms with Crippen LogP contribution >= 0.6 is 0 Å². The first-order valence-corrected chi connectivity index (χ1v) is 13.0. The van der Waals surface area contributed by atoms with Crippen molar-refractivity contribution in [3.8, 4) is 0 Å². The maximum atomic E-state index is 6.36. The zero-order valence-corrected chi connectivity index (χ0v) is 17.0. The molecule has 0 saturated heterocycles. The molecule has 1 fully saturated rings. The Morgan fingerprint density at radius 2 is 1.80 bits per heavy atom. The molecule has 2 aliphatic rings. The normalized spacial score (nSPS) is 30.3. The van der Waals surface area contributed by atoms with Gasteiger partial charge in [0.2, 0.25) is 0 Å². The predicted octanol–water partition coefficient (Wildman–Crippen LogP) is 4.88. The standard InChI is InChI=1S/C20H32NO3Si/c1-22-20-15-11-6-5-10-14-19(20)18(17-12-8-7-9-13-17)16-21(23-20)24-25(2,3)4/h7-9,12-13,16,18-19H,5-6,10-11,14-15H2,1-4H3/q+1/t18-,19-,20+/m1/s1. The summed E-state index contributed by atoms with van der Waals surface area (Å²) >= 11 is 0. The molecule has 3 rings (SSSR count). The molecule has 1 heterocycles. The molecule has 1 saturated carbocycles. The van der Waals surface area contributed by atoms with Gasteiger partial charge in [-0.25, -0.2) is 0 Å². The predicted molar refractivity (Wildman–Crippen MR) is 102 cm³/mol. The van der Waals surface area contributed by atoms with E-state index in [9.17, 15) is 0 Å². The van der Waals surface area contributed by atoms with E-state index in [-0.39, 0.29) is 5.92 Å². The summed E-state index contributed by atoms with van der Waals surface area (Å²) in [5.74, 6) is -0.0546. The van der Waals surface area contributed by atoms with Crippen LogP contribution in [-0.2, 0) is 14.1 Å². The van der Waals surface area contributed by atoms with Gasteiger partial charge in [0, 0.05) is 19.4 Å². The summed E-state index contributed by atoms with van der Waals surface area (Å²) in [6, 6.07) is 10.7. The molecule has 25 heavy (non-hydrogen) atoms. The highest BCUT2D eigenvalue weighted by Crippen LogP contribution is 2.45. The average Bonchev–Trinajstić information content (AvgIpc) is 2.55. The Labute approximate surface area is 152 Å². The fraction of sp³-hybridized carbons (Fsp3) is 0.650. The molecule has 3 atom stereocenters. The molecular weight excluding hydrogens is 330 g/mol. The van der Waals surface area contributed by atoms with Crippen LogP contribution in [0.3, 0.4) is 0 Å². The fourth-order valence-electron chi connectivity index (χ4n) is 4.08. The van der Waals surface area contributed by atoms with Crippen molar-refractivity contribution in [3.63, 3.8) is 0 Å². The number of benzene rings is 1. The lowest BCUT2D eigenvalue weighted by atomic mass is 9.74. The maximum Gasteiger partial charge on any atom is 0.343 e. The van der Waals surface area contributed by atoms with Crippen LogP contribution in [0.25, 0.3) is 0 Å². The molecule has 4 nitrogen and oxygen atoms in total. The Hall–Kier alpha value is -1.33. The highest BCUT2D eigenvalue weighted by atomic mass is 28.4. The Kier molecular flexibility index (Phi) is 5.54. The van der Waals surface area contributed by atoms with E-state index in [4.69, 9.17) is 14.1 Å². The highest BCUT2D eigenvalue weighted by molar-refractivity contribution is 6.69. The van der Waals surface area contributed by atoms with Gasteiger partial charge in [0.15, 0.2) is 4.90 Å². The van der Waals surface area contributed by atoms with Crippen molar-refractivity contribution >= 4 is 14.5 Å². The van der Waals surface area contributed by atoms with Gasteiger partial charge in [-0.3, -0.25) is 0 Å². The molecule has 0 spiro atoms. The summed E-state index contributed by atoms with van der Waals surface area (Å²) in [5, 5.41) is 0. The van der Waals surface area contributed by atoms with Crippen molar-refractivity contribution in [2.45, 2.75) is 69.9 Å². The Morgan fingerprint density at radius 1 is 1.08 bits per heavy atom. The first-order valence-electron chi connectivity index (χ1n) is 9.56. The third kappa shape index (κ3) is 4.26. The van der Waals surface area contributed by atoms with E-state index < -0.39 is 14.1 Å². The van der Waals surface area contributed by atoms with Gasteiger partial charge in [-0.05, 0) is 38.0 Å². The quantitative estimate of drug-likeness (QED) is 0.715. The Balaban J connectivity index is 2.02. The van der Waals surface area contributed by atoms with Crippen molar-refractivity contribution in [2.24, 2.45) is 5.92 Å². The topological polar surface area (TPSA) is 30.7 Å². The number of hydrogen-bond acceptors (Lipinski definition) is 3. The SMILES string of the molecule is CO[C@]12CCCCCC[C@@H]1[C@@H](c1ccccc1)C=[N+](O[Si](C)(C)C)O2. The van der Waals surface area contributed by atoms with Crippen LogP contribution in [0.1, 0.15) is 50.0 Å². The number of ether oxygens (including phenoxy) is 1. The Morgan fingerprint density at radius 3 is 2.48 bits per heavy atom. The van der Waals surface area contributed by atoms with Gasteiger partial charge < -0.3 is 9.26 Å². The van der Waals surface area contributed by atoms with Crippen LogP contribution in [-0.4, -0.2) is 32.3 Å². The van der Waals surface area contributed by atoms with Crippen molar-refractivity contribution in [3.05, 3.63) is 35.9 Å². The van der Waals surface area contributed by atoms with Gasteiger partial charge in [-0.2, -0.15) is 4.84 Å². The van der Waals surface area contributed by atoms with Gasteiger partial charge in [-0.1, -0.05) is 49.6 Å². The van der Waals surface area contributed by atoms with E-state index in [0.717, 1.165) is 19.3 Å². The largest absolute Gasteiger partial charge is 0.343 e. The summed E-state index contributed by atoms with van der Waals surface area (Å²) in [5.41, 5.74) is 1.31. The van der Waals surface area contributed by atoms with E-state index in [2.05, 4.69) is 56.2 Å². The summed E-state index contributed by atoms with van der Waals surface area (Å²) in [4.78, 5) is 7.99. The Bertz CT molecular complexity index is 599. The first-order chi connectivity index (χ1) is 11.9. The molecule has 138 valence electrons. The van der Waals surface area contributed by atoms with Gasteiger partial charge >= 0.3 is 8.32 Å². The van der Waals surface area contributed by atoms with Gasteiger partial charge in [0.25, 0.3) is 12.0 Å². The minimum atomic E-state index is -1.79. The number of hydrogen-bond donors (Lipinski definition) is 0. The monoisotopic (exact) mass is 362 g/mol. The second-order valence-electron chi connectivity index (χ2n) is 8.24. The van der Waals surface area contributed by atoms with Crippen LogP contribution in [0.2, 0.25) is 19.6 Å². The number of nitrogens with zero attached hydrogens (tertiary/aromatic N) is 1. The zero-order valence-electron chi connectivity index (χ0n) is 16.0. The van der Waals surface area contributed by atoms with Crippen molar-refractivity contribution in [1.82, 2.24) is 0 Å². The molecule has 0 amide bonds. The molecule has 1 aromatic rings. The van der Waals surface area contributed by atoms with Gasteiger partial charge in [0.1, 0.15) is 0 Å². The van der Waals surface area contributed by atoms with Gasteiger partial charge in [0.05, 0.1) is 5.92 Å². The summed E-state index contributed by atoms with van der Waals surface area (Å²) in [6.45, 7) is 6.52. The van der Waals surface area contributed by atoms with Crippen molar-refractivity contribution in [2.75, 3.05) is 7.11 Å². The lowest BCUT2D eigenvalue weighted by molar-refractivity contribution is -0.970.